The molecule has 0 amide bonds. The van der Waals surface area contributed by atoms with E-state index in [1.807, 2.05) is 0 Å². The summed E-state index contributed by atoms with van der Waals surface area (Å²) in [4.78, 5) is 10.1. The number of hydrogen-bond donors (Lipinski definition) is 0. The van der Waals surface area contributed by atoms with Crippen LogP contribution in [0.15, 0.2) is 28.8 Å². The van der Waals surface area contributed by atoms with Gasteiger partial charge in [0.2, 0.25) is 6.29 Å². The summed E-state index contributed by atoms with van der Waals surface area (Å²) in [5.41, 5.74) is 0.488. The molecular weight excluding hydrogens is 136 g/mol. The van der Waals surface area contributed by atoms with Crippen LogP contribution >= 0.6 is 11.6 Å². The van der Waals surface area contributed by atoms with Gasteiger partial charge in [-0.15, -0.1) is 0 Å². The number of rotatable bonds is 1. The Balaban J connectivity index is 2.91. The maximum Gasteiger partial charge on any atom is 0.239 e. The average molecular weight is 140 g/mol. The zero-order valence-corrected chi connectivity index (χ0v) is 5.35. The summed E-state index contributed by atoms with van der Waals surface area (Å²) in [6, 6.07) is 0. The van der Waals surface area contributed by atoms with Crippen LogP contribution in [-0.4, -0.2) is 6.29 Å². The van der Waals surface area contributed by atoms with E-state index in [0.717, 1.165) is 0 Å². The molecule has 0 fully saturated rings. The van der Waals surface area contributed by atoms with Gasteiger partial charge in [0, 0.05) is 24.3 Å². The SMILES string of the molecule is O=CC1=[C+]C(Cl)=CC=C1. The maximum atomic E-state index is 10.1. The molecule has 0 radical (unpaired) electrons. The summed E-state index contributed by atoms with van der Waals surface area (Å²) >= 11 is 5.51. The monoisotopic (exact) mass is 139 g/mol. The highest BCUT2D eigenvalue weighted by Crippen LogP contribution is 2.10. The zero-order valence-electron chi connectivity index (χ0n) is 4.60. The standard InChI is InChI=1S/C7H4ClO/c8-7-3-1-2-6(4-7)5-9/h1-3,5H/q+1. The lowest BCUT2D eigenvalue weighted by atomic mass is 10.2. The molecule has 44 valence electrons. The third kappa shape index (κ3) is 1.49. The summed E-state index contributed by atoms with van der Waals surface area (Å²) in [7, 11) is 0. The second-order valence-corrected chi connectivity index (χ2v) is 1.98. The van der Waals surface area contributed by atoms with E-state index in [2.05, 4.69) is 6.08 Å². The van der Waals surface area contributed by atoms with Crippen molar-refractivity contribution in [3.8, 4) is 0 Å². The van der Waals surface area contributed by atoms with E-state index in [4.69, 9.17) is 11.6 Å². The number of carbonyl (C=O) groups is 1. The van der Waals surface area contributed by atoms with E-state index in [-0.39, 0.29) is 0 Å². The highest BCUT2D eigenvalue weighted by Gasteiger charge is 2.05. The number of carbonyl (C=O) groups excluding carboxylic acids is 1. The van der Waals surface area contributed by atoms with E-state index >= 15 is 0 Å². The molecule has 0 saturated heterocycles. The molecule has 0 aliphatic heterocycles. The molecule has 1 nitrogen and oxygen atoms in total. The molecule has 0 bridgehead atoms. The fourth-order valence-electron chi connectivity index (χ4n) is 0.526. The summed E-state index contributed by atoms with van der Waals surface area (Å²) in [6.07, 6.45) is 8.41. The minimum absolute atomic E-state index is 0.472. The van der Waals surface area contributed by atoms with E-state index in [1.165, 1.54) is 0 Å². The highest BCUT2D eigenvalue weighted by atomic mass is 35.5. The number of hydrogen-bond acceptors (Lipinski definition) is 1. The first-order valence-corrected chi connectivity index (χ1v) is 2.84. The molecule has 1 aliphatic carbocycles. The first-order chi connectivity index (χ1) is 4.33. The van der Waals surface area contributed by atoms with Crippen molar-refractivity contribution in [1.82, 2.24) is 0 Å². The Hall–Kier alpha value is -0.910. The third-order valence-corrected chi connectivity index (χ3v) is 1.13. The van der Waals surface area contributed by atoms with Crippen molar-refractivity contribution in [2.24, 2.45) is 0 Å². The van der Waals surface area contributed by atoms with Crippen molar-refractivity contribution in [3.63, 3.8) is 0 Å². The number of halogens is 1. The Bertz CT molecular complexity index is 211. The second kappa shape index (κ2) is 2.58. The minimum atomic E-state index is 0.472. The fourth-order valence-corrected chi connectivity index (χ4v) is 0.708. The lowest BCUT2D eigenvalue weighted by molar-refractivity contribution is -0.104. The predicted molar refractivity (Wildman–Crippen MR) is 35.9 cm³/mol. The molecule has 0 heterocycles. The van der Waals surface area contributed by atoms with Crippen LogP contribution in [0, 0.1) is 6.08 Å². The van der Waals surface area contributed by atoms with Crippen molar-refractivity contribution in [1.29, 1.82) is 0 Å². The largest absolute Gasteiger partial charge is 0.239 e. The molecule has 0 N–H and O–H groups in total. The lowest BCUT2D eigenvalue weighted by Gasteiger charge is -1.83. The van der Waals surface area contributed by atoms with Gasteiger partial charge in [-0.3, -0.25) is 0 Å². The van der Waals surface area contributed by atoms with E-state index < -0.39 is 0 Å². The van der Waals surface area contributed by atoms with Crippen LogP contribution in [0.3, 0.4) is 0 Å². The van der Waals surface area contributed by atoms with Crippen LogP contribution in [0.1, 0.15) is 0 Å². The Morgan fingerprint density at radius 3 is 2.89 bits per heavy atom. The summed E-state index contributed by atoms with van der Waals surface area (Å²) in [5, 5.41) is 0.472. The topological polar surface area (TPSA) is 17.1 Å². The van der Waals surface area contributed by atoms with Crippen LogP contribution in [-0.2, 0) is 4.79 Å². The molecule has 0 aromatic rings. The maximum absolute atomic E-state index is 10.1. The number of aldehydes is 1. The van der Waals surface area contributed by atoms with E-state index in [1.54, 1.807) is 18.2 Å². The Morgan fingerprint density at radius 2 is 2.44 bits per heavy atom. The molecule has 0 aromatic carbocycles. The van der Waals surface area contributed by atoms with Gasteiger partial charge < -0.3 is 0 Å². The van der Waals surface area contributed by atoms with Crippen LogP contribution in [0.5, 0.6) is 0 Å². The van der Waals surface area contributed by atoms with Gasteiger partial charge in [0.05, 0.1) is 0 Å². The van der Waals surface area contributed by atoms with E-state index in [0.29, 0.717) is 16.9 Å². The Morgan fingerprint density at radius 1 is 1.67 bits per heavy atom. The first-order valence-electron chi connectivity index (χ1n) is 2.46. The molecule has 0 saturated carbocycles. The Kier molecular flexibility index (Phi) is 1.78. The van der Waals surface area contributed by atoms with Crippen molar-refractivity contribution in [2.45, 2.75) is 0 Å². The van der Waals surface area contributed by atoms with Gasteiger partial charge in [0.25, 0.3) is 0 Å². The smallest absolute Gasteiger partial charge is 0.238 e. The van der Waals surface area contributed by atoms with Crippen molar-refractivity contribution in [2.75, 3.05) is 0 Å². The van der Waals surface area contributed by atoms with Crippen LogP contribution in [0.25, 0.3) is 0 Å². The van der Waals surface area contributed by atoms with Gasteiger partial charge >= 0.3 is 0 Å². The zero-order chi connectivity index (χ0) is 6.69. The Labute approximate surface area is 58.3 Å². The normalized spacial score (nSPS) is 15.7. The second-order valence-electron chi connectivity index (χ2n) is 1.57. The van der Waals surface area contributed by atoms with Gasteiger partial charge in [-0.1, -0.05) is 11.6 Å². The van der Waals surface area contributed by atoms with Crippen LogP contribution in [0.2, 0.25) is 0 Å². The highest BCUT2D eigenvalue weighted by molar-refractivity contribution is 6.31. The third-order valence-electron chi connectivity index (χ3n) is 0.909. The van der Waals surface area contributed by atoms with Gasteiger partial charge in [0.15, 0.2) is 10.6 Å². The van der Waals surface area contributed by atoms with Gasteiger partial charge in [-0.25, -0.2) is 4.79 Å². The molecule has 9 heavy (non-hydrogen) atoms. The minimum Gasteiger partial charge on any atom is -0.238 e. The van der Waals surface area contributed by atoms with Crippen LogP contribution in [0.4, 0.5) is 0 Å². The quantitative estimate of drug-likeness (QED) is 0.399. The molecule has 0 unspecified atom stereocenters. The lowest BCUT2D eigenvalue weighted by Crippen LogP contribution is -1.83. The first kappa shape index (κ1) is 6.21. The molecule has 1 rings (SSSR count). The fraction of sp³-hybridized carbons (Fsp3) is 0. The molecule has 0 atom stereocenters. The molecule has 2 heteroatoms. The summed E-state index contributed by atoms with van der Waals surface area (Å²) in [6.45, 7) is 0. The van der Waals surface area contributed by atoms with Gasteiger partial charge in [-0.05, 0) is 0 Å². The van der Waals surface area contributed by atoms with Crippen molar-refractivity contribution >= 4 is 17.9 Å². The van der Waals surface area contributed by atoms with Crippen molar-refractivity contribution < 1.29 is 4.79 Å². The summed E-state index contributed by atoms with van der Waals surface area (Å²) in [5.74, 6) is 0. The van der Waals surface area contributed by atoms with E-state index in [9.17, 15) is 4.79 Å². The average Bonchev–Trinajstić information content (AvgIpc) is 1.88. The van der Waals surface area contributed by atoms with Gasteiger partial charge in [-0.2, -0.15) is 0 Å². The molecule has 0 spiro atoms. The number of allylic oxidation sites excluding steroid dienone is 6. The molecule has 1 aliphatic rings. The van der Waals surface area contributed by atoms with Crippen molar-refractivity contribution in [3.05, 3.63) is 34.9 Å². The van der Waals surface area contributed by atoms with Crippen LogP contribution < -0.4 is 0 Å². The molecule has 0 aromatic heterocycles. The predicted octanol–water partition coefficient (Wildman–Crippen LogP) is 1.61. The summed E-state index contributed by atoms with van der Waals surface area (Å²) < 4.78 is 0. The molecular formula is C7H4ClO+. The van der Waals surface area contributed by atoms with Gasteiger partial charge in [0.1, 0.15) is 0 Å².